The summed E-state index contributed by atoms with van der Waals surface area (Å²) in [6.45, 7) is 11.4. The maximum Gasteiger partial charge on any atom is 0.114 e. The normalized spacial score (nSPS) is 40.2. The van der Waals surface area contributed by atoms with E-state index in [9.17, 15) is 0 Å². The van der Waals surface area contributed by atoms with Crippen molar-refractivity contribution in [3.63, 3.8) is 0 Å². The largest absolute Gasteiger partial charge is 0.372 e. The first-order chi connectivity index (χ1) is 7.00. The van der Waals surface area contributed by atoms with Crippen LogP contribution in [-0.2, 0) is 9.47 Å². The van der Waals surface area contributed by atoms with E-state index in [4.69, 9.17) is 9.47 Å². The predicted octanol–water partition coefficient (Wildman–Crippen LogP) is 1.57. The molecule has 3 heteroatoms. The lowest BCUT2D eigenvalue weighted by molar-refractivity contribution is -0.177. The second-order valence-electron chi connectivity index (χ2n) is 5.52. The first kappa shape index (κ1) is 11.4. The summed E-state index contributed by atoms with van der Waals surface area (Å²) in [6, 6.07) is 0.406. The molecule has 0 amide bonds. The molecule has 2 fully saturated rings. The van der Waals surface area contributed by atoms with E-state index in [-0.39, 0.29) is 11.2 Å². The molecule has 0 bridgehead atoms. The third kappa shape index (κ3) is 1.61. The van der Waals surface area contributed by atoms with Gasteiger partial charge in [-0.1, -0.05) is 13.8 Å². The zero-order valence-corrected chi connectivity index (χ0v) is 10.3. The average Bonchev–Trinajstić information content (AvgIpc) is 2.43. The molecule has 2 heterocycles. The lowest BCUT2D eigenvalue weighted by Crippen LogP contribution is -2.67. The summed E-state index contributed by atoms with van der Waals surface area (Å²) in [7, 11) is 0. The first-order valence-corrected chi connectivity index (χ1v) is 6.01. The minimum absolute atomic E-state index is 0.126. The summed E-state index contributed by atoms with van der Waals surface area (Å²) in [5.41, 5.74) is -0.297. The zero-order chi connectivity index (χ0) is 11.1. The Kier molecular flexibility index (Phi) is 2.82. The number of morpholine rings is 1. The van der Waals surface area contributed by atoms with E-state index >= 15 is 0 Å². The molecule has 88 valence electrons. The summed E-state index contributed by atoms with van der Waals surface area (Å²) < 4.78 is 12.0. The smallest absolute Gasteiger partial charge is 0.114 e. The van der Waals surface area contributed by atoms with Crippen molar-refractivity contribution < 1.29 is 9.47 Å². The number of ether oxygens (including phenoxy) is 2. The molecule has 2 unspecified atom stereocenters. The molecule has 2 aliphatic heterocycles. The molecule has 0 aliphatic carbocycles. The highest BCUT2D eigenvalue weighted by molar-refractivity contribution is 5.10. The fourth-order valence-electron chi connectivity index (χ4n) is 3.13. The van der Waals surface area contributed by atoms with Crippen molar-refractivity contribution in [1.29, 1.82) is 0 Å². The second-order valence-corrected chi connectivity index (χ2v) is 5.52. The van der Waals surface area contributed by atoms with Crippen LogP contribution in [0.15, 0.2) is 0 Å². The number of hydrogen-bond acceptors (Lipinski definition) is 3. The average molecular weight is 213 g/mol. The van der Waals surface area contributed by atoms with Crippen LogP contribution in [0.5, 0.6) is 0 Å². The molecule has 1 N–H and O–H groups in total. The Hall–Kier alpha value is -0.120. The van der Waals surface area contributed by atoms with E-state index in [2.05, 4.69) is 33.0 Å². The first-order valence-electron chi connectivity index (χ1n) is 6.01. The van der Waals surface area contributed by atoms with Gasteiger partial charge in [-0.05, 0) is 19.8 Å². The van der Waals surface area contributed by atoms with Gasteiger partial charge in [0.15, 0.2) is 0 Å². The van der Waals surface area contributed by atoms with Crippen molar-refractivity contribution in [2.24, 2.45) is 5.92 Å². The number of nitrogens with one attached hydrogen (secondary N) is 1. The topological polar surface area (TPSA) is 30.5 Å². The summed E-state index contributed by atoms with van der Waals surface area (Å²) >= 11 is 0. The second kappa shape index (κ2) is 3.72. The van der Waals surface area contributed by atoms with E-state index in [0.717, 1.165) is 26.2 Å². The summed E-state index contributed by atoms with van der Waals surface area (Å²) in [5.74, 6) is 0.575. The molecule has 3 nitrogen and oxygen atoms in total. The van der Waals surface area contributed by atoms with Gasteiger partial charge in [-0.2, -0.15) is 0 Å². The van der Waals surface area contributed by atoms with Gasteiger partial charge < -0.3 is 14.8 Å². The van der Waals surface area contributed by atoms with Crippen molar-refractivity contribution in [3.8, 4) is 0 Å². The molecule has 0 aromatic heterocycles. The van der Waals surface area contributed by atoms with Gasteiger partial charge in [-0.3, -0.25) is 0 Å². The van der Waals surface area contributed by atoms with Gasteiger partial charge in [-0.15, -0.1) is 0 Å². The highest BCUT2D eigenvalue weighted by Gasteiger charge is 2.57. The molecular weight excluding hydrogens is 190 g/mol. The molecule has 2 atom stereocenters. The van der Waals surface area contributed by atoms with Gasteiger partial charge in [0.1, 0.15) is 5.60 Å². The Morgan fingerprint density at radius 3 is 2.47 bits per heavy atom. The van der Waals surface area contributed by atoms with E-state index in [1.807, 2.05) is 0 Å². The summed E-state index contributed by atoms with van der Waals surface area (Å²) in [5, 5.41) is 3.60. The maximum atomic E-state index is 6.13. The molecule has 2 rings (SSSR count). The predicted molar refractivity (Wildman–Crippen MR) is 60.0 cm³/mol. The molecule has 0 aromatic carbocycles. The van der Waals surface area contributed by atoms with Crippen LogP contribution in [0, 0.1) is 5.92 Å². The van der Waals surface area contributed by atoms with Crippen LogP contribution in [0.4, 0.5) is 0 Å². The molecule has 1 spiro atoms. The summed E-state index contributed by atoms with van der Waals surface area (Å²) in [6.07, 6.45) is 1.01. The highest BCUT2D eigenvalue weighted by atomic mass is 16.6. The van der Waals surface area contributed by atoms with Crippen LogP contribution < -0.4 is 5.32 Å². The van der Waals surface area contributed by atoms with E-state index < -0.39 is 0 Å². The van der Waals surface area contributed by atoms with Crippen molar-refractivity contribution >= 4 is 0 Å². The van der Waals surface area contributed by atoms with Crippen molar-refractivity contribution in [2.75, 3.05) is 19.8 Å². The van der Waals surface area contributed by atoms with Crippen LogP contribution in [-0.4, -0.2) is 37.0 Å². The molecule has 15 heavy (non-hydrogen) atoms. The van der Waals surface area contributed by atoms with Crippen molar-refractivity contribution in [2.45, 2.75) is 51.4 Å². The Morgan fingerprint density at radius 2 is 1.93 bits per heavy atom. The van der Waals surface area contributed by atoms with Crippen LogP contribution in [0.3, 0.4) is 0 Å². The highest BCUT2D eigenvalue weighted by Crippen LogP contribution is 2.44. The van der Waals surface area contributed by atoms with E-state index in [0.29, 0.717) is 12.0 Å². The van der Waals surface area contributed by atoms with Crippen molar-refractivity contribution in [3.05, 3.63) is 0 Å². The fraction of sp³-hybridized carbons (Fsp3) is 1.00. The van der Waals surface area contributed by atoms with E-state index in [1.165, 1.54) is 0 Å². The molecular formula is C12H23NO2. The third-order valence-corrected chi connectivity index (χ3v) is 3.95. The van der Waals surface area contributed by atoms with Gasteiger partial charge in [0.25, 0.3) is 0 Å². The lowest BCUT2D eigenvalue weighted by Gasteiger charge is -2.50. The van der Waals surface area contributed by atoms with Crippen LogP contribution in [0.2, 0.25) is 0 Å². The van der Waals surface area contributed by atoms with Crippen molar-refractivity contribution in [1.82, 2.24) is 5.32 Å². The molecule has 2 aliphatic rings. The number of hydrogen-bond donors (Lipinski definition) is 1. The Bertz CT molecular complexity index is 240. The van der Waals surface area contributed by atoms with E-state index in [1.54, 1.807) is 0 Å². The van der Waals surface area contributed by atoms with Gasteiger partial charge in [-0.25, -0.2) is 0 Å². The van der Waals surface area contributed by atoms with Gasteiger partial charge in [0.2, 0.25) is 0 Å². The standard InChI is InChI=1S/C12H23NO2/c1-9(2)10-12(15-8-6-13-10)5-7-14-11(12,3)4/h9-10,13H,5-8H2,1-4H3. The zero-order valence-electron chi connectivity index (χ0n) is 10.3. The SMILES string of the molecule is CC(C)C1NCCOC12CCOC2(C)C. The minimum atomic E-state index is -0.171. The Balaban J connectivity index is 2.29. The minimum Gasteiger partial charge on any atom is -0.372 e. The molecule has 2 saturated heterocycles. The lowest BCUT2D eigenvalue weighted by atomic mass is 9.74. The van der Waals surface area contributed by atoms with Gasteiger partial charge in [0.05, 0.1) is 18.8 Å². The van der Waals surface area contributed by atoms with Crippen LogP contribution in [0.1, 0.15) is 34.1 Å². The van der Waals surface area contributed by atoms with Crippen LogP contribution in [0.25, 0.3) is 0 Å². The Morgan fingerprint density at radius 1 is 1.20 bits per heavy atom. The molecule has 0 saturated carbocycles. The third-order valence-electron chi connectivity index (χ3n) is 3.95. The molecule has 0 aromatic rings. The molecule has 0 radical (unpaired) electrons. The van der Waals surface area contributed by atoms with Gasteiger partial charge >= 0.3 is 0 Å². The quantitative estimate of drug-likeness (QED) is 0.717. The number of rotatable bonds is 1. The monoisotopic (exact) mass is 213 g/mol. The van der Waals surface area contributed by atoms with Gasteiger partial charge in [0, 0.05) is 19.0 Å². The van der Waals surface area contributed by atoms with Crippen LogP contribution >= 0.6 is 0 Å². The summed E-state index contributed by atoms with van der Waals surface area (Å²) in [4.78, 5) is 0. The maximum absolute atomic E-state index is 6.13. The fourth-order valence-corrected chi connectivity index (χ4v) is 3.13. The Labute approximate surface area is 92.5 Å².